The van der Waals surface area contributed by atoms with Crippen molar-refractivity contribution in [1.82, 2.24) is 9.80 Å². The first kappa shape index (κ1) is 38.0. The summed E-state index contributed by atoms with van der Waals surface area (Å²) in [4.78, 5) is 43.4. The van der Waals surface area contributed by atoms with E-state index in [1.165, 1.54) is 50.6 Å². The molecule has 0 aromatic carbocycles. The first-order valence-corrected chi connectivity index (χ1v) is 20.5. The number of fused-ring (bicyclic) bond motifs is 7. The largest absolute Gasteiger partial charge is 0.481 e. The van der Waals surface area contributed by atoms with Crippen LogP contribution in [0.15, 0.2) is 11.1 Å². The standard InChI is InChI=1S/C43H70N2O5/c1-27(2)37-32(46)25-43(20-21-45(23-22-44(8)9)26-29-10-11-29)19-14-31-30(38(37)43)12-13-34-41(31,6)17-15-33-40(4,5)35(16-18-42(33,34)7)50-36(47)24-28(3)39(48)49/h27-31,33-35H,10-26H2,1-9H3,(H,48,49)/t28-,30?,31?,33?,34?,35?,41?,42?,43?/m1/s1. The van der Waals surface area contributed by atoms with Crippen LogP contribution in [0.25, 0.3) is 0 Å². The van der Waals surface area contributed by atoms with Crippen LogP contribution in [0.1, 0.15) is 132 Å². The smallest absolute Gasteiger partial charge is 0.306 e. The molecule has 0 heterocycles. The summed E-state index contributed by atoms with van der Waals surface area (Å²) in [7, 11) is 4.36. The van der Waals surface area contributed by atoms with Gasteiger partial charge >= 0.3 is 11.9 Å². The molecule has 282 valence electrons. The number of carboxylic acids is 1. The molecule has 5 saturated carbocycles. The Morgan fingerprint density at radius 2 is 1.56 bits per heavy atom. The minimum atomic E-state index is -0.951. The molecule has 0 aliphatic heterocycles. The quantitative estimate of drug-likeness (QED) is 0.194. The van der Waals surface area contributed by atoms with Crippen LogP contribution in [0.4, 0.5) is 0 Å². The number of aliphatic carboxylic acids is 1. The molecule has 6 rings (SSSR count). The minimum absolute atomic E-state index is 0.0458. The van der Waals surface area contributed by atoms with Crippen LogP contribution in [0, 0.1) is 63.1 Å². The number of carboxylic acid groups (broad SMARTS) is 1. The van der Waals surface area contributed by atoms with Gasteiger partial charge in [-0.15, -0.1) is 0 Å². The second kappa shape index (κ2) is 13.9. The highest BCUT2D eigenvalue weighted by atomic mass is 16.5. The average Bonchev–Trinajstić information content (AvgIpc) is 3.79. The highest BCUT2D eigenvalue weighted by Gasteiger charge is 2.66. The van der Waals surface area contributed by atoms with Crippen molar-refractivity contribution in [2.75, 3.05) is 40.3 Å². The van der Waals surface area contributed by atoms with E-state index in [-0.39, 0.29) is 46.1 Å². The number of likely N-dealkylation sites (N-methyl/N-ethyl adjacent to an activating group) is 1. The minimum Gasteiger partial charge on any atom is -0.481 e. The molecule has 8 unspecified atom stereocenters. The Balaban J connectivity index is 1.23. The fraction of sp³-hybridized carbons (Fsp3) is 0.884. The summed E-state index contributed by atoms with van der Waals surface area (Å²) in [6, 6.07) is 0. The summed E-state index contributed by atoms with van der Waals surface area (Å²) in [6.45, 7) is 20.5. The van der Waals surface area contributed by atoms with Gasteiger partial charge in [0.2, 0.25) is 0 Å². The van der Waals surface area contributed by atoms with E-state index in [0.717, 1.165) is 64.1 Å². The Kier molecular flexibility index (Phi) is 10.6. The van der Waals surface area contributed by atoms with E-state index in [1.54, 1.807) is 12.5 Å². The highest BCUT2D eigenvalue weighted by molar-refractivity contribution is 6.00. The topological polar surface area (TPSA) is 87.2 Å². The second-order valence-electron chi connectivity index (χ2n) is 19.9. The maximum atomic E-state index is 14.0. The van der Waals surface area contributed by atoms with Crippen LogP contribution < -0.4 is 0 Å². The van der Waals surface area contributed by atoms with Gasteiger partial charge in [-0.3, -0.25) is 14.4 Å². The van der Waals surface area contributed by atoms with Gasteiger partial charge in [0.15, 0.2) is 5.78 Å². The Hall–Kier alpha value is -1.73. The number of allylic oxidation sites excluding steroid dienone is 2. The van der Waals surface area contributed by atoms with Crippen LogP contribution in [0.3, 0.4) is 0 Å². The normalized spacial score (nSPS) is 38.5. The van der Waals surface area contributed by atoms with Crippen molar-refractivity contribution in [3.8, 4) is 0 Å². The molecule has 0 amide bonds. The number of Topliss-reactive ketones (excluding diaryl/α,β-unsaturated/α-hetero) is 1. The molecule has 6 aliphatic carbocycles. The van der Waals surface area contributed by atoms with Gasteiger partial charge in [0, 0.05) is 36.9 Å². The summed E-state index contributed by atoms with van der Waals surface area (Å²) in [6.07, 6.45) is 13.4. The van der Waals surface area contributed by atoms with E-state index in [9.17, 15) is 19.5 Å². The van der Waals surface area contributed by atoms with E-state index in [2.05, 4.69) is 65.4 Å². The molecule has 0 radical (unpaired) electrons. The lowest BCUT2D eigenvalue weighted by Gasteiger charge is -2.69. The van der Waals surface area contributed by atoms with Gasteiger partial charge in [0.05, 0.1) is 12.3 Å². The number of hydrogen-bond acceptors (Lipinski definition) is 6. The lowest BCUT2D eigenvalue weighted by Crippen LogP contribution is -2.63. The molecule has 5 fully saturated rings. The summed E-state index contributed by atoms with van der Waals surface area (Å²) < 4.78 is 6.12. The van der Waals surface area contributed by atoms with Gasteiger partial charge in [-0.1, -0.05) is 54.0 Å². The van der Waals surface area contributed by atoms with Crippen molar-refractivity contribution in [2.45, 2.75) is 138 Å². The zero-order valence-electron chi connectivity index (χ0n) is 33.1. The van der Waals surface area contributed by atoms with Crippen molar-refractivity contribution >= 4 is 17.7 Å². The number of ketones is 1. The van der Waals surface area contributed by atoms with Crippen molar-refractivity contribution < 1.29 is 24.2 Å². The third-order valence-electron chi connectivity index (χ3n) is 15.8. The summed E-state index contributed by atoms with van der Waals surface area (Å²) in [5.74, 6) is 1.76. The van der Waals surface area contributed by atoms with Gasteiger partial charge in [0.1, 0.15) is 6.10 Å². The molecule has 50 heavy (non-hydrogen) atoms. The zero-order valence-corrected chi connectivity index (χ0v) is 33.1. The summed E-state index contributed by atoms with van der Waals surface area (Å²) in [5, 5.41) is 9.35. The highest BCUT2D eigenvalue weighted by Crippen LogP contribution is 2.73. The van der Waals surface area contributed by atoms with E-state index in [0.29, 0.717) is 29.5 Å². The Morgan fingerprint density at radius 3 is 2.20 bits per heavy atom. The summed E-state index contributed by atoms with van der Waals surface area (Å²) >= 11 is 0. The van der Waals surface area contributed by atoms with E-state index >= 15 is 0 Å². The SMILES string of the molecule is CC(C)C1=C2C3CCC4C(C)(CCC5C(C)(C)C(OC(=O)C[C@@H](C)C(=O)O)CCC54C)C3CCC2(CCN(CCN(C)C)CC2CC2)CC1=O. The molecular weight excluding hydrogens is 624 g/mol. The van der Waals surface area contributed by atoms with Crippen molar-refractivity contribution in [2.24, 2.45) is 63.1 Å². The second-order valence-corrected chi connectivity index (χ2v) is 19.9. The molecule has 0 spiro atoms. The Labute approximate surface area is 303 Å². The number of rotatable bonds is 13. The Morgan fingerprint density at radius 1 is 0.860 bits per heavy atom. The predicted octanol–water partition coefficient (Wildman–Crippen LogP) is 8.26. The van der Waals surface area contributed by atoms with Gasteiger partial charge < -0.3 is 19.6 Å². The monoisotopic (exact) mass is 695 g/mol. The molecule has 0 aromatic rings. The van der Waals surface area contributed by atoms with Gasteiger partial charge in [-0.05, 0) is 143 Å². The van der Waals surface area contributed by atoms with Crippen LogP contribution in [0.5, 0.6) is 0 Å². The van der Waals surface area contributed by atoms with Crippen LogP contribution in [-0.4, -0.2) is 79.0 Å². The van der Waals surface area contributed by atoms with E-state index < -0.39 is 11.9 Å². The molecule has 0 aromatic heterocycles. The molecule has 6 aliphatic rings. The fourth-order valence-corrected chi connectivity index (χ4v) is 13.1. The van der Waals surface area contributed by atoms with E-state index in [4.69, 9.17) is 4.74 Å². The van der Waals surface area contributed by atoms with Crippen molar-refractivity contribution in [3.05, 3.63) is 11.1 Å². The first-order chi connectivity index (χ1) is 23.4. The van der Waals surface area contributed by atoms with Crippen molar-refractivity contribution in [3.63, 3.8) is 0 Å². The maximum absolute atomic E-state index is 14.0. The Bertz CT molecular complexity index is 1350. The molecule has 0 bridgehead atoms. The number of carbonyl (C=O) groups is 3. The van der Waals surface area contributed by atoms with Crippen LogP contribution in [0.2, 0.25) is 0 Å². The predicted molar refractivity (Wildman–Crippen MR) is 198 cm³/mol. The molecular formula is C43H70N2O5. The number of ether oxygens (including phenoxy) is 1. The summed E-state index contributed by atoms with van der Waals surface area (Å²) in [5.41, 5.74) is 3.12. The third-order valence-corrected chi connectivity index (χ3v) is 15.8. The molecule has 7 heteroatoms. The van der Waals surface area contributed by atoms with Gasteiger partial charge in [-0.25, -0.2) is 0 Å². The molecule has 0 saturated heterocycles. The van der Waals surface area contributed by atoms with Gasteiger partial charge in [0.25, 0.3) is 0 Å². The molecule has 7 nitrogen and oxygen atoms in total. The van der Waals surface area contributed by atoms with Crippen LogP contribution in [-0.2, 0) is 19.1 Å². The molecule has 9 atom stereocenters. The number of carbonyl (C=O) groups excluding carboxylic acids is 2. The average molecular weight is 695 g/mol. The number of hydrogen-bond donors (Lipinski definition) is 1. The van der Waals surface area contributed by atoms with Crippen molar-refractivity contribution in [1.29, 1.82) is 0 Å². The lowest BCUT2D eigenvalue weighted by atomic mass is 9.36. The zero-order chi connectivity index (χ0) is 36.4. The number of esters is 1. The van der Waals surface area contributed by atoms with Gasteiger partial charge in [-0.2, -0.15) is 0 Å². The fourth-order valence-electron chi connectivity index (χ4n) is 13.1. The van der Waals surface area contributed by atoms with Crippen LogP contribution >= 0.6 is 0 Å². The lowest BCUT2D eigenvalue weighted by molar-refractivity contribution is -0.213. The third kappa shape index (κ3) is 6.78. The number of nitrogens with zero attached hydrogens (tertiary/aromatic N) is 2. The maximum Gasteiger partial charge on any atom is 0.306 e. The first-order valence-electron chi connectivity index (χ1n) is 20.5. The van der Waals surface area contributed by atoms with E-state index in [1.807, 2.05) is 0 Å². The molecule has 1 N–H and O–H groups in total.